The molecular weight excluding hydrogens is 136 g/mol. The summed E-state index contributed by atoms with van der Waals surface area (Å²) in [6.07, 6.45) is 4.26. The Bertz CT molecular complexity index is 154. The van der Waals surface area contributed by atoms with E-state index in [9.17, 15) is 0 Å². The van der Waals surface area contributed by atoms with Crippen molar-refractivity contribution < 1.29 is 0 Å². The second-order valence-electron chi connectivity index (χ2n) is 4.17. The van der Waals surface area contributed by atoms with E-state index in [-0.39, 0.29) is 0 Å². The molecule has 1 aliphatic carbocycles. The maximum Gasteiger partial charge on any atom is 0.0264 e. The van der Waals surface area contributed by atoms with Crippen LogP contribution in [0.3, 0.4) is 0 Å². The molecule has 2 fully saturated rings. The van der Waals surface area contributed by atoms with Crippen molar-refractivity contribution in [3.8, 4) is 0 Å². The zero-order valence-corrected chi connectivity index (χ0v) is 7.75. The van der Waals surface area contributed by atoms with Crippen molar-refractivity contribution in [1.29, 1.82) is 0 Å². The molecule has 11 heavy (non-hydrogen) atoms. The standard InChI is InChI=1S/C9H18N2/c1-7(2)11-9-5-4-8(6-9)10(11)3/h7-9H,4-6H2,1-3H3. The second-order valence-corrected chi connectivity index (χ2v) is 4.17. The van der Waals surface area contributed by atoms with E-state index >= 15 is 0 Å². The molecule has 0 spiro atoms. The van der Waals surface area contributed by atoms with Gasteiger partial charge in [-0.05, 0) is 33.1 Å². The van der Waals surface area contributed by atoms with Gasteiger partial charge in [0.2, 0.25) is 0 Å². The smallest absolute Gasteiger partial charge is 0.0264 e. The largest absolute Gasteiger partial charge is 0.241 e. The molecule has 2 heteroatoms. The van der Waals surface area contributed by atoms with E-state index in [4.69, 9.17) is 0 Å². The zero-order valence-electron chi connectivity index (χ0n) is 7.75. The Morgan fingerprint density at radius 2 is 1.82 bits per heavy atom. The first-order chi connectivity index (χ1) is 5.20. The summed E-state index contributed by atoms with van der Waals surface area (Å²) >= 11 is 0. The summed E-state index contributed by atoms with van der Waals surface area (Å²) in [5.74, 6) is 0. The molecule has 0 aromatic rings. The molecule has 0 aromatic carbocycles. The SMILES string of the molecule is CC(C)N1C2CCC(C2)N1C. The van der Waals surface area contributed by atoms with Crippen LogP contribution >= 0.6 is 0 Å². The maximum absolute atomic E-state index is 2.55. The van der Waals surface area contributed by atoms with Gasteiger partial charge in [-0.2, -0.15) is 0 Å². The van der Waals surface area contributed by atoms with Crippen LogP contribution in [0.5, 0.6) is 0 Å². The van der Waals surface area contributed by atoms with Crippen LogP contribution in [0.15, 0.2) is 0 Å². The van der Waals surface area contributed by atoms with Gasteiger partial charge in [0.05, 0.1) is 0 Å². The third kappa shape index (κ3) is 1.00. The molecular formula is C9H18N2. The average Bonchev–Trinajstić information content (AvgIpc) is 2.44. The molecule has 0 amide bonds. The molecule has 2 nitrogen and oxygen atoms in total. The predicted molar refractivity (Wildman–Crippen MR) is 46.2 cm³/mol. The highest BCUT2D eigenvalue weighted by Gasteiger charge is 2.42. The Hall–Kier alpha value is -0.0800. The summed E-state index contributed by atoms with van der Waals surface area (Å²) in [6.45, 7) is 4.58. The van der Waals surface area contributed by atoms with E-state index in [2.05, 4.69) is 30.9 Å². The van der Waals surface area contributed by atoms with Gasteiger partial charge >= 0.3 is 0 Å². The van der Waals surface area contributed by atoms with Gasteiger partial charge in [-0.1, -0.05) is 0 Å². The van der Waals surface area contributed by atoms with E-state index in [1.165, 1.54) is 19.3 Å². The van der Waals surface area contributed by atoms with E-state index in [1.807, 2.05) is 0 Å². The lowest BCUT2D eigenvalue weighted by Crippen LogP contribution is -2.48. The lowest BCUT2D eigenvalue weighted by Gasteiger charge is -2.38. The fourth-order valence-electron chi connectivity index (χ4n) is 2.75. The van der Waals surface area contributed by atoms with Crippen molar-refractivity contribution in [2.75, 3.05) is 7.05 Å². The molecule has 0 radical (unpaired) electrons. The van der Waals surface area contributed by atoms with Crippen LogP contribution in [0.1, 0.15) is 33.1 Å². The Morgan fingerprint density at radius 1 is 1.18 bits per heavy atom. The number of fused-ring (bicyclic) bond motifs is 2. The quantitative estimate of drug-likeness (QED) is 0.564. The molecule has 2 bridgehead atoms. The maximum atomic E-state index is 2.55. The molecule has 1 saturated heterocycles. The van der Waals surface area contributed by atoms with Crippen molar-refractivity contribution >= 4 is 0 Å². The van der Waals surface area contributed by atoms with Gasteiger partial charge in [-0.25, -0.2) is 10.0 Å². The van der Waals surface area contributed by atoms with E-state index in [0.29, 0.717) is 6.04 Å². The number of hydrogen-bond acceptors (Lipinski definition) is 2. The Labute approximate surface area is 69.1 Å². The van der Waals surface area contributed by atoms with Crippen molar-refractivity contribution in [2.24, 2.45) is 0 Å². The highest BCUT2D eigenvalue weighted by molar-refractivity contribution is 4.93. The van der Waals surface area contributed by atoms with Gasteiger partial charge in [-0.3, -0.25) is 0 Å². The molecule has 2 unspecified atom stereocenters. The first kappa shape index (κ1) is 7.56. The van der Waals surface area contributed by atoms with E-state index < -0.39 is 0 Å². The fraction of sp³-hybridized carbons (Fsp3) is 1.00. The molecule has 1 saturated carbocycles. The van der Waals surface area contributed by atoms with Gasteiger partial charge in [0.1, 0.15) is 0 Å². The van der Waals surface area contributed by atoms with Crippen molar-refractivity contribution in [3.05, 3.63) is 0 Å². The zero-order chi connectivity index (χ0) is 8.01. The van der Waals surface area contributed by atoms with Crippen molar-refractivity contribution in [1.82, 2.24) is 10.0 Å². The highest BCUT2D eigenvalue weighted by Crippen LogP contribution is 2.37. The Kier molecular flexibility index (Phi) is 1.69. The van der Waals surface area contributed by atoms with Crippen LogP contribution in [-0.4, -0.2) is 35.2 Å². The Morgan fingerprint density at radius 3 is 2.18 bits per heavy atom. The van der Waals surface area contributed by atoms with Crippen LogP contribution in [-0.2, 0) is 0 Å². The molecule has 2 atom stereocenters. The Balaban J connectivity index is 2.11. The minimum Gasteiger partial charge on any atom is -0.241 e. The summed E-state index contributed by atoms with van der Waals surface area (Å²) in [5.41, 5.74) is 0. The molecule has 0 aromatic heterocycles. The van der Waals surface area contributed by atoms with Crippen LogP contribution in [0.2, 0.25) is 0 Å². The lowest BCUT2D eigenvalue weighted by atomic mass is 10.2. The summed E-state index contributed by atoms with van der Waals surface area (Å²) in [7, 11) is 2.24. The second kappa shape index (κ2) is 2.46. The van der Waals surface area contributed by atoms with Gasteiger partial charge in [-0.15, -0.1) is 0 Å². The summed E-state index contributed by atoms with van der Waals surface area (Å²) in [5, 5.41) is 5.01. The number of hydrazine groups is 1. The molecule has 64 valence electrons. The highest BCUT2D eigenvalue weighted by atomic mass is 15.7. The topological polar surface area (TPSA) is 6.48 Å². The van der Waals surface area contributed by atoms with Crippen molar-refractivity contribution in [3.63, 3.8) is 0 Å². The molecule has 2 rings (SSSR count). The third-order valence-electron chi connectivity index (χ3n) is 3.17. The fourth-order valence-corrected chi connectivity index (χ4v) is 2.75. The first-order valence-electron chi connectivity index (χ1n) is 4.71. The lowest BCUT2D eigenvalue weighted by molar-refractivity contribution is -0.0555. The first-order valence-corrected chi connectivity index (χ1v) is 4.71. The molecule has 1 heterocycles. The molecule has 1 aliphatic heterocycles. The van der Waals surface area contributed by atoms with Crippen LogP contribution in [0.25, 0.3) is 0 Å². The number of hydrogen-bond donors (Lipinski definition) is 0. The minimum atomic E-state index is 0.690. The average molecular weight is 154 g/mol. The molecule has 0 N–H and O–H groups in total. The molecule has 2 aliphatic rings. The van der Waals surface area contributed by atoms with Gasteiger partial charge in [0.25, 0.3) is 0 Å². The number of rotatable bonds is 1. The summed E-state index contributed by atoms with van der Waals surface area (Å²) in [4.78, 5) is 0. The number of nitrogens with zero attached hydrogens (tertiary/aromatic N) is 2. The predicted octanol–water partition coefficient (Wildman–Crippen LogP) is 1.48. The third-order valence-corrected chi connectivity index (χ3v) is 3.17. The van der Waals surface area contributed by atoms with Crippen molar-refractivity contribution in [2.45, 2.75) is 51.2 Å². The van der Waals surface area contributed by atoms with E-state index in [0.717, 1.165) is 12.1 Å². The van der Waals surface area contributed by atoms with E-state index in [1.54, 1.807) is 0 Å². The van der Waals surface area contributed by atoms with Gasteiger partial charge < -0.3 is 0 Å². The van der Waals surface area contributed by atoms with Crippen LogP contribution < -0.4 is 0 Å². The van der Waals surface area contributed by atoms with Crippen LogP contribution in [0, 0.1) is 0 Å². The van der Waals surface area contributed by atoms with Gasteiger partial charge in [0, 0.05) is 25.2 Å². The monoisotopic (exact) mass is 154 g/mol. The summed E-state index contributed by atoms with van der Waals surface area (Å²) in [6, 6.07) is 2.42. The normalized spacial score (nSPS) is 39.3. The van der Waals surface area contributed by atoms with Gasteiger partial charge in [0.15, 0.2) is 0 Å². The summed E-state index contributed by atoms with van der Waals surface area (Å²) < 4.78 is 0. The minimum absolute atomic E-state index is 0.690. The van der Waals surface area contributed by atoms with Crippen LogP contribution in [0.4, 0.5) is 0 Å².